The van der Waals surface area contributed by atoms with Crippen LogP contribution in [0.3, 0.4) is 0 Å². The molecule has 1 heterocycles. The third kappa shape index (κ3) is 3.80. The number of carbonyl (C=O) groups is 1. The van der Waals surface area contributed by atoms with Crippen molar-refractivity contribution in [1.29, 1.82) is 0 Å². The van der Waals surface area contributed by atoms with Crippen LogP contribution >= 0.6 is 35.0 Å². The average Bonchev–Trinajstić information content (AvgIpc) is 2.91. The lowest BCUT2D eigenvalue weighted by atomic mass is 10.2. The van der Waals surface area contributed by atoms with Gasteiger partial charge in [0, 0.05) is 0 Å². The highest BCUT2D eigenvalue weighted by Gasteiger charge is 2.11. The molecule has 0 saturated heterocycles. The first-order chi connectivity index (χ1) is 11.0. The molecular weight excluding hydrogens is 353 g/mol. The first-order valence-electron chi connectivity index (χ1n) is 6.86. The first kappa shape index (κ1) is 16.2. The van der Waals surface area contributed by atoms with Crippen LogP contribution in [0, 0.1) is 6.92 Å². The van der Waals surface area contributed by atoms with E-state index in [0.717, 1.165) is 16.6 Å². The fourth-order valence-electron chi connectivity index (χ4n) is 2.10. The molecule has 0 unspecified atom stereocenters. The van der Waals surface area contributed by atoms with E-state index in [-0.39, 0.29) is 11.7 Å². The van der Waals surface area contributed by atoms with Gasteiger partial charge in [0.2, 0.25) is 5.91 Å². The molecule has 0 aliphatic rings. The number of aromatic amines is 1. The van der Waals surface area contributed by atoms with E-state index >= 15 is 0 Å². The van der Waals surface area contributed by atoms with Gasteiger partial charge in [0.05, 0.1) is 32.5 Å². The largest absolute Gasteiger partial charge is 0.333 e. The van der Waals surface area contributed by atoms with Crippen molar-refractivity contribution >= 4 is 57.6 Å². The summed E-state index contributed by atoms with van der Waals surface area (Å²) in [5.74, 6) is 0.0158. The van der Waals surface area contributed by atoms with Gasteiger partial charge in [-0.2, -0.15) is 0 Å². The number of imidazole rings is 1. The summed E-state index contributed by atoms with van der Waals surface area (Å²) >= 11 is 13.4. The van der Waals surface area contributed by atoms with Crippen molar-refractivity contribution in [3.63, 3.8) is 0 Å². The molecule has 23 heavy (non-hydrogen) atoms. The number of aryl methyl sites for hydroxylation is 1. The molecular formula is C16H13Cl2N3OS. The van der Waals surface area contributed by atoms with Crippen LogP contribution in [-0.2, 0) is 4.79 Å². The lowest BCUT2D eigenvalue weighted by molar-refractivity contribution is -0.113. The fraction of sp³-hybridized carbons (Fsp3) is 0.125. The maximum absolute atomic E-state index is 12.1. The van der Waals surface area contributed by atoms with Crippen LogP contribution in [0.2, 0.25) is 10.0 Å². The molecule has 1 aromatic heterocycles. The highest BCUT2D eigenvalue weighted by atomic mass is 35.5. The molecule has 3 rings (SSSR count). The van der Waals surface area contributed by atoms with Gasteiger partial charge in [-0.15, -0.1) is 0 Å². The van der Waals surface area contributed by atoms with E-state index < -0.39 is 0 Å². The number of thioether (sulfide) groups is 1. The summed E-state index contributed by atoms with van der Waals surface area (Å²) < 4.78 is 0. The Balaban J connectivity index is 1.66. The van der Waals surface area contributed by atoms with E-state index in [2.05, 4.69) is 15.3 Å². The molecule has 0 aliphatic heterocycles. The number of H-pyrrole nitrogens is 1. The van der Waals surface area contributed by atoms with Crippen molar-refractivity contribution in [2.24, 2.45) is 0 Å². The van der Waals surface area contributed by atoms with E-state index in [1.807, 2.05) is 25.1 Å². The molecule has 0 saturated carbocycles. The van der Waals surface area contributed by atoms with E-state index in [1.54, 1.807) is 18.2 Å². The highest BCUT2D eigenvalue weighted by molar-refractivity contribution is 7.99. The Labute approximate surface area is 147 Å². The number of nitrogens with zero attached hydrogens (tertiary/aromatic N) is 1. The van der Waals surface area contributed by atoms with Crippen LogP contribution in [0.25, 0.3) is 11.0 Å². The topological polar surface area (TPSA) is 57.8 Å². The second-order valence-electron chi connectivity index (χ2n) is 5.00. The highest BCUT2D eigenvalue weighted by Crippen LogP contribution is 2.30. The third-order valence-electron chi connectivity index (χ3n) is 3.18. The summed E-state index contributed by atoms with van der Waals surface area (Å²) in [4.78, 5) is 19.7. The smallest absolute Gasteiger partial charge is 0.234 e. The van der Waals surface area contributed by atoms with Crippen molar-refractivity contribution < 1.29 is 4.79 Å². The van der Waals surface area contributed by atoms with Gasteiger partial charge < -0.3 is 10.3 Å². The number of halogens is 2. The molecule has 0 fully saturated rings. The Kier molecular flexibility index (Phi) is 4.80. The molecule has 118 valence electrons. The standard InChI is InChI=1S/C16H13Cl2N3OS/c1-9-5-6-12-13(7-9)20-16(19-12)23-8-14(22)21-15-10(17)3-2-4-11(15)18/h2-7H,8H2,1H3,(H,19,20)(H,21,22). The van der Waals surface area contributed by atoms with Crippen LogP contribution < -0.4 is 5.32 Å². The number of amides is 1. The summed E-state index contributed by atoms with van der Waals surface area (Å²) in [7, 11) is 0. The maximum atomic E-state index is 12.1. The number of hydrogen-bond donors (Lipinski definition) is 2. The zero-order valence-corrected chi connectivity index (χ0v) is 14.5. The van der Waals surface area contributed by atoms with Gasteiger partial charge in [-0.05, 0) is 36.8 Å². The second-order valence-corrected chi connectivity index (χ2v) is 6.77. The van der Waals surface area contributed by atoms with Gasteiger partial charge in [-0.25, -0.2) is 4.98 Å². The van der Waals surface area contributed by atoms with Crippen molar-refractivity contribution in [1.82, 2.24) is 9.97 Å². The Bertz CT molecular complexity index is 859. The lowest BCUT2D eigenvalue weighted by Gasteiger charge is -2.08. The minimum absolute atomic E-state index is 0.193. The van der Waals surface area contributed by atoms with Gasteiger partial charge >= 0.3 is 0 Å². The number of rotatable bonds is 4. The lowest BCUT2D eigenvalue weighted by Crippen LogP contribution is -2.14. The molecule has 3 aromatic rings. The van der Waals surface area contributed by atoms with Crippen molar-refractivity contribution in [3.8, 4) is 0 Å². The second kappa shape index (κ2) is 6.83. The van der Waals surface area contributed by atoms with Gasteiger partial charge in [0.15, 0.2) is 5.16 Å². The van der Waals surface area contributed by atoms with E-state index in [4.69, 9.17) is 23.2 Å². The number of aromatic nitrogens is 2. The molecule has 0 radical (unpaired) electrons. The SMILES string of the molecule is Cc1ccc2nc(SCC(=O)Nc3c(Cl)cccc3Cl)[nH]c2c1. The minimum Gasteiger partial charge on any atom is -0.333 e. The number of para-hydroxylation sites is 1. The van der Waals surface area contributed by atoms with Crippen LogP contribution in [0.15, 0.2) is 41.6 Å². The molecule has 0 atom stereocenters. The molecule has 2 N–H and O–H groups in total. The van der Waals surface area contributed by atoms with E-state index in [0.29, 0.717) is 20.9 Å². The monoisotopic (exact) mass is 365 g/mol. The van der Waals surface area contributed by atoms with Crippen LogP contribution in [-0.4, -0.2) is 21.6 Å². The quantitative estimate of drug-likeness (QED) is 0.645. The van der Waals surface area contributed by atoms with Gasteiger partial charge in [0.1, 0.15) is 0 Å². The predicted octanol–water partition coefficient (Wildman–Crippen LogP) is 4.91. The van der Waals surface area contributed by atoms with E-state index in [9.17, 15) is 4.79 Å². The molecule has 0 aliphatic carbocycles. The average molecular weight is 366 g/mol. The van der Waals surface area contributed by atoms with Crippen molar-refractivity contribution in [2.75, 3.05) is 11.1 Å². The fourth-order valence-corrected chi connectivity index (χ4v) is 3.27. The van der Waals surface area contributed by atoms with Gasteiger partial charge in [-0.3, -0.25) is 4.79 Å². The molecule has 2 aromatic carbocycles. The number of fused-ring (bicyclic) bond motifs is 1. The van der Waals surface area contributed by atoms with Crippen LogP contribution in [0.1, 0.15) is 5.56 Å². The maximum Gasteiger partial charge on any atom is 0.234 e. The van der Waals surface area contributed by atoms with Gasteiger partial charge in [0.25, 0.3) is 0 Å². The van der Waals surface area contributed by atoms with Crippen LogP contribution in [0.4, 0.5) is 5.69 Å². The summed E-state index contributed by atoms with van der Waals surface area (Å²) in [6.07, 6.45) is 0. The molecule has 4 nitrogen and oxygen atoms in total. The molecule has 0 spiro atoms. The Hall–Kier alpha value is -1.69. The zero-order valence-electron chi connectivity index (χ0n) is 12.2. The number of carbonyl (C=O) groups excluding carboxylic acids is 1. The summed E-state index contributed by atoms with van der Waals surface area (Å²) in [6, 6.07) is 11.1. The number of hydrogen-bond acceptors (Lipinski definition) is 3. The molecule has 7 heteroatoms. The third-order valence-corrected chi connectivity index (χ3v) is 4.69. The number of benzene rings is 2. The predicted molar refractivity (Wildman–Crippen MR) is 96.6 cm³/mol. The number of anilines is 1. The Morgan fingerprint density at radius 2 is 2.00 bits per heavy atom. The van der Waals surface area contributed by atoms with Crippen molar-refractivity contribution in [3.05, 3.63) is 52.0 Å². The van der Waals surface area contributed by atoms with Crippen molar-refractivity contribution in [2.45, 2.75) is 12.1 Å². The molecule has 0 bridgehead atoms. The van der Waals surface area contributed by atoms with Gasteiger partial charge in [-0.1, -0.05) is 47.1 Å². The first-order valence-corrected chi connectivity index (χ1v) is 8.60. The minimum atomic E-state index is -0.193. The summed E-state index contributed by atoms with van der Waals surface area (Å²) in [5.41, 5.74) is 3.43. The summed E-state index contributed by atoms with van der Waals surface area (Å²) in [6.45, 7) is 2.02. The Morgan fingerprint density at radius 1 is 1.26 bits per heavy atom. The number of nitrogens with one attached hydrogen (secondary N) is 2. The zero-order chi connectivity index (χ0) is 16.4. The summed E-state index contributed by atoms with van der Waals surface area (Å²) in [5, 5.41) is 4.25. The Morgan fingerprint density at radius 3 is 2.74 bits per heavy atom. The molecule has 1 amide bonds. The van der Waals surface area contributed by atoms with E-state index in [1.165, 1.54) is 11.8 Å². The van der Waals surface area contributed by atoms with Crippen LogP contribution in [0.5, 0.6) is 0 Å². The normalized spacial score (nSPS) is 10.9.